The molecule has 158 valence electrons. The number of para-hydroxylation sites is 2. The predicted molar refractivity (Wildman–Crippen MR) is 117 cm³/mol. The molecule has 2 aromatic carbocycles. The number of aromatic nitrogens is 1. The van der Waals surface area contributed by atoms with Gasteiger partial charge in [0.25, 0.3) is 11.8 Å². The number of hydrogen-bond acceptors (Lipinski definition) is 6. The first kappa shape index (κ1) is 19.7. The van der Waals surface area contributed by atoms with Gasteiger partial charge in [-0.3, -0.25) is 14.5 Å². The van der Waals surface area contributed by atoms with Crippen molar-refractivity contribution in [1.82, 2.24) is 9.88 Å². The number of nitrogens with zero attached hydrogens (tertiary/aromatic N) is 3. The summed E-state index contributed by atoms with van der Waals surface area (Å²) in [6, 6.07) is 17.1. The average molecular weight is 436 g/mol. The summed E-state index contributed by atoms with van der Waals surface area (Å²) in [4.78, 5) is 34.4. The molecule has 2 aliphatic rings. The molecule has 1 saturated heterocycles. The summed E-state index contributed by atoms with van der Waals surface area (Å²) >= 11 is 1.43. The molecule has 7 nitrogen and oxygen atoms in total. The van der Waals surface area contributed by atoms with Crippen LogP contribution >= 0.6 is 11.3 Å². The van der Waals surface area contributed by atoms with Crippen molar-refractivity contribution in [3.8, 4) is 16.3 Å². The Kier molecular flexibility index (Phi) is 5.40. The summed E-state index contributed by atoms with van der Waals surface area (Å²) in [5.41, 5.74) is 1.97. The van der Waals surface area contributed by atoms with Crippen LogP contribution in [0.15, 0.2) is 60.0 Å². The zero-order valence-electron chi connectivity index (χ0n) is 16.8. The summed E-state index contributed by atoms with van der Waals surface area (Å²) in [5.74, 6) is 0.153. The largest absolute Gasteiger partial charge is 0.476 e. The molecule has 3 aromatic rings. The van der Waals surface area contributed by atoms with Crippen LogP contribution in [0, 0.1) is 0 Å². The van der Waals surface area contributed by atoms with E-state index in [-0.39, 0.29) is 18.4 Å². The van der Waals surface area contributed by atoms with Crippen LogP contribution in [0.3, 0.4) is 0 Å². The summed E-state index contributed by atoms with van der Waals surface area (Å²) in [5, 5.41) is 2.55. The van der Waals surface area contributed by atoms with E-state index in [0.717, 1.165) is 10.6 Å². The molecule has 3 heterocycles. The predicted octanol–water partition coefficient (Wildman–Crippen LogP) is 3.08. The van der Waals surface area contributed by atoms with Gasteiger partial charge in [-0.15, -0.1) is 11.3 Å². The Morgan fingerprint density at radius 1 is 1.00 bits per heavy atom. The molecule has 0 spiro atoms. The molecule has 1 fully saturated rings. The number of hydrogen-bond donors (Lipinski definition) is 0. The van der Waals surface area contributed by atoms with Crippen LogP contribution in [0.25, 0.3) is 10.6 Å². The minimum atomic E-state index is -0.760. The Morgan fingerprint density at radius 3 is 2.55 bits per heavy atom. The van der Waals surface area contributed by atoms with Crippen LogP contribution in [0.5, 0.6) is 5.75 Å². The van der Waals surface area contributed by atoms with E-state index in [1.807, 2.05) is 48.5 Å². The van der Waals surface area contributed by atoms with E-state index in [2.05, 4.69) is 4.98 Å². The molecule has 8 heteroatoms. The number of carbonyl (C=O) groups excluding carboxylic acids is 2. The third kappa shape index (κ3) is 3.92. The van der Waals surface area contributed by atoms with Crippen molar-refractivity contribution in [1.29, 1.82) is 0 Å². The maximum absolute atomic E-state index is 13.4. The molecule has 1 aromatic heterocycles. The maximum atomic E-state index is 13.4. The first-order valence-corrected chi connectivity index (χ1v) is 11.0. The molecule has 1 atom stereocenters. The Balaban J connectivity index is 1.42. The van der Waals surface area contributed by atoms with Crippen molar-refractivity contribution in [3.05, 3.63) is 65.7 Å². The van der Waals surface area contributed by atoms with Crippen LogP contribution in [0.2, 0.25) is 0 Å². The highest BCUT2D eigenvalue weighted by atomic mass is 32.1. The number of benzene rings is 2. The monoisotopic (exact) mass is 435 g/mol. The molecule has 0 N–H and O–H groups in total. The highest BCUT2D eigenvalue weighted by Gasteiger charge is 2.37. The molecular weight excluding hydrogens is 414 g/mol. The minimum absolute atomic E-state index is 0.126. The van der Waals surface area contributed by atoms with Crippen molar-refractivity contribution in [2.75, 3.05) is 37.7 Å². The van der Waals surface area contributed by atoms with Crippen molar-refractivity contribution < 1.29 is 19.1 Å². The lowest BCUT2D eigenvalue weighted by Crippen LogP contribution is -2.54. The summed E-state index contributed by atoms with van der Waals surface area (Å²) in [6.45, 7) is 2.23. The van der Waals surface area contributed by atoms with E-state index in [1.165, 1.54) is 11.3 Å². The lowest BCUT2D eigenvalue weighted by atomic mass is 10.1. The number of amides is 2. The summed E-state index contributed by atoms with van der Waals surface area (Å²) in [7, 11) is 0. The normalized spacial score (nSPS) is 18.3. The zero-order chi connectivity index (χ0) is 21.2. The molecule has 31 heavy (non-hydrogen) atoms. The van der Waals surface area contributed by atoms with Gasteiger partial charge >= 0.3 is 0 Å². The Bertz CT molecular complexity index is 1090. The fourth-order valence-corrected chi connectivity index (χ4v) is 4.57. The van der Waals surface area contributed by atoms with Crippen LogP contribution in [0.1, 0.15) is 10.5 Å². The highest BCUT2D eigenvalue weighted by molar-refractivity contribution is 7.13. The van der Waals surface area contributed by atoms with Crippen LogP contribution in [-0.4, -0.2) is 60.7 Å². The Morgan fingerprint density at radius 2 is 1.74 bits per heavy atom. The fourth-order valence-electron chi connectivity index (χ4n) is 3.77. The number of anilines is 1. The third-order valence-electron chi connectivity index (χ3n) is 5.36. The molecule has 1 unspecified atom stereocenters. The smallest absolute Gasteiger partial charge is 0.278 e. The van der Waals surface area contributed by atoms with Gasteiger partial charge in [0.2, 0.25) is 0 Å². The molecule has 0 bridgehead atoms. The molecule has 2 amide bonds. The van der Waals surface area contributed by atoms with E-state index in [0.29, 0.717) is 43.4 Å². The van der Waals surface area contributed by atoms with Crippen LogP contribution < -0.4 is 9.64 Å². The van der Waals surface area contributed by atoms with Crippen molar-refractivity contribution in [2.45, 2.75) is 6.10 Å². The van der Waals surface area contributed by atoms with Crippen molar-refractivity contribution in [2.24, 2.45) is 0 Å². The molecule has 0 radical (unpaired) electrons. The summed E-state index contributed by atoms with van der Waals surface area (Å²) < 4.78 is 11.3. The van der Waals surface area contributed by atoms with Gasteiger partial charge in [-0.25, -0.2) is 4.98 Å². The molecule has 2 aliphatic heterocycles. The van der Waals surface area contributed by atoms with Gasteiger partial charge in [-0.1, -0.05) is 42.5 Å². The number of fused-ring (bicyclic) bond motifs is 1. The minimum Gasteiger partial charge on any atom is -0.476 e. The van der Waals surface area contributed by atoms with Gasteiger partial charge in [0.15, 0.2) is 6.10 Å². The molecule has 0 aliphatic carbocycles. The van der Waals surface area contributed by atoms with E-state index >= 15 is 0 Å². The van der Waals surface area contributed by atoms with Crippen LogP contribution in [0.4, 0.5) is 5.69 Å². The van der Waals surface area contributed by atoms with E-state index < -0.39 is 6.10 Å². The Hall–Kier alpha value is -3.23. The quantitative estimate of drug-likeness (QED) is 0.632. The molecule has 5 rings (SSSR count). The highest BCUT2D eigenvalue weighted by Crippen LogP contribution is 2.35. The van der Waals surface area contributed by atoms with Gasteiger partial charge in [-0.2, -0.15) is 0 Å². The second kappa shape index (κ2) is 8.49. The SMILES string of the molecule is O=C(C1CN(C(=O)c2csc(-c3ccccc3)n2)c2ccccc2O1)N1CCOCC1. The molecular formula is C23H21N3O4S. The van der Waals surface area contributed by atoms with E-state index in [4.69, 9.17) is 9.47 Å². The van der Waals surface area contributed by atoms with Gasteiger partial charge in [0.05, 0.1) is 25.4 Å². The fraction of sp³-hybridized carbons (Fsp3) is 0.261. The number of morpholine rings is 1. The first-order valence-electron chi connectivity index (χ1n) is 10.2. The maximum Gasteiger partial charge on any atom is 0.278 e. The van der Waals surface area contributed by atoms with Crippen LogP contribution in [-0.2, 0) is 9.53 Å². The van der Waals surface area contributed by atoms with Gasteiger partial charge in [-0.05, 0) is 12.1 Å². The lowest BCUT2D eigenvalue weighted by Gasteiger charge is -2.37. The number of carbonyl (C=O) groups is 2. The third-order valence-corrected chi connectivity index (χ3v) is 6.25. The second-order valence-electron chi connectivity index (χ2n) is 7.33. The number of rotatable bonds is 3. The second-order valence-corrected chi connectivity index (χ2v) is 8.19. The number of ether oxygens (including phenoxy) is 2. The Labute approximate surface area is 183 Å². The first-order chi connectivity index (χ1) is 15.2. The van der Waals surface area contributed by atoms with Crippen molar-refractivity contribution in [3.63, 3.8) is 0 Å². The van der Waals surface area contributed by atoms with E-state index in [1.54, 1.807) is 21.2 Å². The standard InChI is InChI=1S/C23H21N3O4S/c27-22(17-15-31-21(24-17)16-6-2-1-3-7-16)26-14-20(23(28)25-10-12-29-13-11-25)30-19-9-5-4-8-18(19)26/h1-9,15,20H,10-14H2. The van der Waals surface area contributed by atoms with Gasteiger partial charge in [0, 0.05) is 24.0 Å². The summed E-state index contributed by atoms with van der Waals surface area (Å²) in [6.07, 6.45) is -0.760. The number of thiazole rings is 1. The van der Waals surface area contributed by atoms with Gasteiger partial charge in [0.1, 0.15) is 16.5 Å². The topological polar surface area (TPSA) is 72.0 Å². The molecule has 0 saturated carbocycles. The average Bonchev–Trinajstić information content (AvgIpc) is 3.34. The lowest BCUT2D eigenvalue weighted by molar-refractivity contribution is -0.142. The van der Waals surface area contributed by atoms with E-state index in [9.17, 15) is 9.59 Å². The van der Waals surface area contributed by atoms with Crippen molar-refractivity contribution >= 4 is 28.8 Å². The zero-order valence-corrected chi connectivity index (χ0v) is 17.6. The van der Waals surface area contributed by atoms with Gasteiger partial charge < -0.3 is 14.4 Å².